The summed E-state index contributed by atoms with van der Waals surface area (Å²) >= 11 is 0. The van der Waals surface area contributed by atoms with E-state index >= 15 is 0 Å². The predicted molar refractivity (Wildman–Crippen MR) is 123 cm³/mol. The highest BCUT2D eigenvalue weighted by Gasteiger charge is 2.68. The normalized spacial score (nSPS) is 27.2. The molecule has 2 saturated heterocycles. The van der Waals surface area contributed by atoms with Crippen LogP contribution >= 0.6 is 12.4 Å². The first-order valence-corrected chi connectivity index (χ1v) is 10.7. The molecule has 3 aliphatic rings. The van der Waals surface area contributed by atoms with Crippen molar-refractivity contribution in [3.05, 3.63) is 53.8 Å². The molecule has 2 heterocycles. The number of piperidine rings is 1. The van der Waals surface area contributed by atoms with Crippen molar-refractivity contribution in [1.29, 1.82) is 5.26 Å². The largest absolute Gasteiger partial charge is 0.442 e. The smallest absolute Gasteiger partial charge is 0.414 e. The molecule has 2 amide bonds. The highest BCUT2D eigenvalue weighted by molar-refractivity contribution is 5.90. The third kappa shape index (κ3) is 3.81. The van der Waals surface area contributed by atoms with Crippen molar-refractivity contribution in [3.8, 4) is 17.2 Å². The van der Waals surface area contributed by atoms with Crippen molar-refractivity contribution < 1.29 is 18.7 Å². The minimum absolute atomic E-state index is 0. The second-order valence-electron chi connectivity index (χ2n) is 8.65. The van der Waals surface area contributed by atoms with Gasteiger partial charge in [0.2, 0.25) is 5.91 Å². The molecule has 33 heavy (non-hydrogen) atoms. The Morgan fingerprint density at radius 3 is 2.58 bits per heavy atom. The number of amides is 2. The molecular weight excluding hydrogens is 447 g/mol. The molecule has 0 aromatic heterocycles. The molecule has 0 spiro atoms. The van der Waals surface area contributed by atoms with E-state index in [1.54, 1.807) is 12.1 Å². The Morgan fingerprint density at radius 2 is 1.97 bits per heavy atom. The van der Waals surface area contributed by atoms with E-state index in [4.69, 9.17) is 4.74 Å². The van der Waals surface area contributed by atoms with Crippen LogP contribution in [-0.2, 0) is 14.9 Å². The van der Waals surface area contributed by atoms with Gasteiger partial charge in [-0.1, -0.05) is 24.3 Å². The molecule has 5 rings (SSSR count). The van der Waals surface area contributed by atoms with Crippen LogP contribution in [0.5, 0.6) is 0 Å². The van der Waals surface area contributed by atoms with Crippen molar-refractivity contribution >= 4 is 30.1 Å². The summed E-state index contributed by atoms with van der Waals surface area (Å²) in [7, 11) is 0. The highest BCUT2D eigenvalue weighted by Crippen LogP contribution is 2.61. The van der Waals surface area contributed by atoms with Gasteiger partial charge in [-0.3, -0.25) is 9.69 Å². The Hall–Kier alpha value is -3.15. The number of anilines is 1. The van der Waals surface area contributed by atoms with Gasteiger partial charge < -0.3 is 15.4 Å². The van der Waals surface area contributed by atoms with Crippen molar-refractivity contribution in [3.63, 3.8) is 0 Å². The monoisotopic (exact) mass is 470 g/mol. The molecule has 9 heteroatoms. The van der Waals surface area contributed by atoms with Crippen LogP contribution in [0, 0.1) is 29.0 Å². The fraction of sp³-hybridized carbons (Fsp3) is 0.375. The van der Waals surface area contributed by atoms with Gasteiger partial charge in [-0.25, -0.2) is 9.18 Å². The number of rotatable bonds is 5. The SMILES string of the molecule is CC(=O)NC[C@H]1CN(c2ccc(-c3ccc(C4(C#N)C5CNCC54)cc3)c(F)c2)C(=O)O1.Cl. The van der Waals surface area contributed by atoms with E-state index in [0.29, 0.717) is 28.7 Å². The number of halogens is 2. The van der Waals surface area contributed by atoms with Crippen LogP contribution in [0.25, 0.3) is 11.1 Å². The number of carbonyl (C=O) groups excluding carboxylic acids is 2. The third-order valence-electron chi connectivity index (χ3n) is 6.85. The van der Waals surface area contributed by atoms with Crippen LogP contribution < -0.4 is 15.5 Å². The van der Waals surface area contributed by atoms with E-state index in [9.17, 15) is 19.2 Å². The average Bonchev–Trinajstić information content (AvgIpc) is 3.09. The average molecular weight is 471 g/mol. The van der Waals surface area contributed by atoms with Crippen LogP contribution in [0.1, 0.15) is 12.5 Å². The summed E-state index contributed by atoms with van der Waals surface area (Å²) in [5.41, 5.74) is 2.10. The zero-order valence-electron chi connectivity index (χ0n) is 18.0. The molecule has 2 aliphatic heterocycles. The zero-order valence-corrected chi connectivity index (χ0v) is 18.8. The number of fused-ring (bicyclic) bond motifs is 1. The Morgan fingerprint density at radius 1 is 1.27 bits per heavy atom. The first-order chi connectivity index (χ1) is 15.4. The maximum Gasteiger partial charge on any atom is 0.414 e. The number of hydrogen-bond donors (Lipinski definition) is 2. The van der Waals surface area contributed by atoms with Crippen molar-refractivity contribution in [2.45, 2.75) is 18.4 Å². The van der Waals surface area contributed by atoms with E-state index in [1.165, 1.54) is 17.9 Å². The summed E-state index contributed by atoms with van der Waals surface area (Å²) in [6.07, 6.45) is -1.05. The standard InChI is InChI=1S/C24H23FN4O3.ClH/c1-14(30)28-9-18-12-29(23(31)32-18)17-6-7-19(22(25)8-17)15-2-4-16(5-3-15)24(13-26)20-10-27-11-21(20)24;/h2-8,18,20-21,27H,9-12H2,1H3,(H,28,30);1H/t18-,20?,21?,24?;/m0./s1. The van der Waals surface area contributed by atoms with Crippen molar-refractivity contribution in [2.75, 3.05) is 31.1 Å². The van der Waals surface area contributed by atoms with E-state index in [1.807, 2.05) is 24.3 Å². The Bertz CT molecular complexity index is 1120. The quantitative estimate of drug-likeness (QED) is 0.700. The van der Waals surface area contributed by atoms with Gasteiger partial charge in [0.15, 0.2) is 0 Å². The van der Waals surface area contributed by atoms with Crippen molar-refractivity contribution in [2.24, 2.45) is 11.8 Å². The summed E-state index contributed by atoms with van der Waals surface area (Å²) in [6, 6.07) is 14.7. The lowest BCUT2D eigenvalue weighted by molar-refractivity contribution is -0.119. The molecule has 1 saturated carbocycles. The molecule has 0 radical (unpaired) electrons. The van der Waals surface area contributed by atoms with Gasteiger partial charge in [0.05, 0.1) is 30.3 Å². The molecule has 172 valence electrons. The third-order valence-corrected chi connectivity index (χ3v) is 6.85. The topological polar surface area (TPSA) is 94.5 Å². The zero-order chi connectivity index (χ0) is 22.5. The summed E-state index contributed by atoms with van der Waals surface area (Å²) < 4.78 is 20.2. The Balaban J connectivity index is 0.00000259. The minimum Gasteiger partial charge on any atom is -0.442 e. The first kappa shape index (κ1) is 23.0. The lowest BCUT2D eigenvalue weighted by Crippen LogP contribution is -2.33. The van der Waals surface area contributed by atoms with Crippen molar-refractivity contribution in [1.82, 2.24) is 10.6 Å². The maximum atomic E-state index is 15.0. The first-order valence-electron chi connectivity index (χ1n) is 10.7. The fourth-order valence-electron chi connectivity index (χ4n) is 5.13. The molecule has 3 fully saturated rings. The molecule has 2 unspecified atom stereocenters. The molecule has 2 N–H and O–H groups in total. The molecule has 1 aliphatic carbocycles. The number of nitriles is 1. The summed E-state index contributed by atoms with van der Waals surface area (Å²) in [5, 5.41) is 15.7. The number of ether oxygens (including phenoxy) is 1. The van der Waals surface area contributed by atoms with Crippen LogP contribution in [0.4, 0.5) is 14.9 Å². The lowest BCUT2D eigenvalue weighted by Gasteiger charge is -2.16. The van der Waals surface area contributed by atoms with Gasteiger partial charge in [0.1, 0.15) is 11.9 Å². The van der Waals surface area contributed by atoms with E-state index in [0.717, 1.165) is 18.7 Å². The number of nitrogens with one attached hydrogen (secondary N) is 2. The number of nitrogens with zero attached hydrogens (tertiary/aromatic N) is 2. The lowest BCUT2D eigenvalue weighted by atomic mass is 9.90. The molecule has 3 atom stereocenters. The molecular formula is C24H24ClFN4O3. The number of cyclic esters (lactones) is 1. The van der Waals surface area contributed by atoms with Gasteiger partial charge >= 0.3 is 6.09 Å². The van der Waals surface area contributed by atoms with Crippen LogP contribution in [0.2, 0.25) is 0 Å². The minimum atomic E-state index is -0.567. The number of hydrogen-bond acceptors (Lipinski definition) is 5. The van der Waals surface area contributed by atoms with E-state index in [2.05, 4.69) is 16.7 Å². The van der Waals surface area contributed by atoms with Gasteiger partial charge in [-0.05, 0) is 29.3 Å². The van der Waals surface area contributed by atoms with Gasteiger partial charge in [0, 0.05) is 37.4 Å². The molecule has 7 nitrogen and oxygen atoms in total. The van der Waals surface area contributed by atoms with Gasteiger partial charge in [-0.15, -0.1) is 12.4 Å². The van der Waals surface area contributed by atoms with Gasteiger partial charge in [-0.2, -0.15) is 5.26 Å². The molecule has 2 aromatic rings. The second kappa shape index (κ2) is 8.65. The molecule has 0 bridgehead atoms. The predicted octanol–water partition coefficient (Wildman–Crippen LogP) is 2.99. The summed E-state index contributed by atoms with van der Waals surface area (Å²) in [4.78, 5) is 24.6. The molecule has 2 aromatic carbocycles. The van der Waals surface area contributed by atoms with Crippen LogP contribution in [0.3, 0.4) is 0 Å². The van der Waals surface area contributed by atoms with Crippen LogP contribution in [-0.4, -0.2) is 44.3 Å². The van der Waals surface area contributed by atoms with E-state index < -0.39 is 23.4 Å². The summed E-state index contributed by atoms with van der Waals surface area (Å²) in [6.45, 7) is 3.57. The maximum absolute atomic E-state index is 15.0. The van der Waals surface area contributed by atoms with E-state index in [-0.39, 0.29) is 31.4 Å². The van der Waals surface area contributed by atoms with Crippen LogP contribution in [0.15, 0.2) is 42.5 Å². The Kier molecular flexibility index (Phi) is 6.04. The Labute approximate surface area is 197 Å². The fourth-order valence-corrected chi connectivity index (χ4v) is 5.13. The second-order valence-corrected chi connectivity index (χ2v) is 8.65. The number of carbonyl (C=O) groups is 2. The van der Waals surface area contributed by atoms with Gasteiger partial charge in [0.25, 0.3) is 0 Å². The number of benzene rings is 2. The summed E-state index contributed by atoms with van der Waals surface area (Å²) in [5.74, 6) is 0.0483. The highest BCUT2D eigenvalue weighted by atomic mass is 35.5.